The van der Waals surface area contributed by atoms with E-state index in [1.54, 1.807) is 13.2 Å². The summed E-state index contributed by atoms with van der Waals surface area (Å²) in [6.45, 7) is 0. The van der Waals surface area contributed by atoms with Crippen LogP contribution in [0.4, 0.5) is 0 Å². The predicted octanol–water partition coefficient (Wildman–Crippen LogP) is 9.77. The second kappa shape index (κ2) is 11.8. The molecule has 0 aliphatic heterocycles. The van der Waals surface area contributed by atoms with Gasteiger partial charge in [0.25, 0.3) is 0 Å². The fourth-order valence-corrected chi connectivity index (χ4v) is 5.99. The molecule has 2 nitrogen and oxygen atoms in total. The number of hydrogen-bond acceptors (Lipinski definition) is 2. The molecule has 0 bridgehead atoms. The first-order chi connectivity index (χ1) is 21.7. The normalized spacial score (nSPS) is 12.1. The van der Waals surface area contributed by atoms with E-state index in [1.807, 2.05) is 78.9 Å². The quantitative estimate of drug-likeness (QED) is 0.195. The number of rotatable bonds is 5. The molecule has 0 N–H and O–H groups in total. The summed E-state index contributed by atoms with van der Waals surface area (Å²) in [4.78, 5) is 13.3. The van der Waals surface area contributed by atoms with Gasteiger partial charge in [0.15, 0.2) is 5.78 Å². The standard InChI is InChI=1S/C42H28O2/c1-44-40-27-25-30(33-20-11-12-21-35(33)40)24-26-36-41(31-16-7-3-8-17-31)37(29-14-5-2-6-15-29)28-38(34-22-13-23-39(34)43)42(36)32-18-9-4-10-19-32/h2-23,25,27-28H,1H3. The molecule has 0 unspecified atom stereocenters. The van der Waals surface area contributed by atoms with E-state index >= 15 is 0 Å². The van der Waals surface area contributed by atoms with E-state index in [0.717, 1.165) is 66.6 Å². The zero-order valence-electron chi connectivity index (χ0n) is 24.3. The Morgan fingerprint density at radius 3 is 1.73 bits per heavy atom. The van der Waals surface area contributed by atoms with E-state index in [1.165, 1.54) is 0 Å². The molecule has 2 heteroatoms. The highest BCUT2D eigenvalue weighted by atomic mass is 16.5. The van der Waals surface area contributed by atoms with E-state index in [9.17, 15) is 4.79 Å². The molecule has 0 spiro atoms. The van der Waals surface area contributed by atoms with Crippen LogP contribution in [-0.2, 0) is 4.79 Å². The zero-order valence-corrected chi connectivity index (χ0v) is 24.3. The Hall–Kier alpha value is -5.91. The van der Waals surface area contributed by atoms with E-state index in [2.05, 4.69) is 78.6 Å². The molecule has 0 atom stereocenters. The third-order valence-electron chi connectivity index (χ3n) is 8.03. The molecular formula is C42H28O2. The van der Waals surface area contributed by atoms with Crippen molar-refractivity contribution in [2.24, 2.45) is 0 Å². The first-order valence-electron chi connectivity index (χ1n) is 14.6. The molecule has 0 radical (unpaired) electrons. The fraction of sp³-hybridized carbons (Fsp3) is 0.0238. The van der Waals surface area contributed by atoms with Crippen molar-refractivity contribution < 1.29 is 9.53 Å². The largest absolute Gasteiger partial charge is 0.496 e. The van der Waals surface area contributed by atoms with E-state index in [4.69, 9.17) is 4.74 Å². The van der Waals surface area contributed by atoms with Gasteiger partial charge in [0, 0.05) is 38.6 Å². The van der Waals surface area contributed by atoms with Gasteiger partial charge < -0.3 is 4.74 Å². The first kappa shape index (κ1) is 27.0. The maximum Gasteiger partial charge on any atom is 0.186 e. The summed E-state index contributed by atoms with van der Waals surface area (Å²) >= 11 is 0. The molecule has 6 aromatic carbocycles. The third-order valence-corrected chi connectivity index (χ3v) is 8.03. The first-order valence-corrected chi connectivity index (χ1v) is 14.6. The van der Waals surface area contributed by atoms with Crippen LogP contribution in [0.3, 0.4) is 0 Å². The van der Waals surface area contributed by atoms with Crippen LogP contribution in [0.25, 0.3) is 49.7 Å². The average Bonchev–Trinajstić information content (AvgIpc) is 3.53. The smallest absolute Gasteiger partial charge is 0.186 e. The van der Waals surface area contributed by atoms with Crippen molar-refractivity contribution in [1.82, 2.24) is 0 Å². The van der Waals surface area contributed by atoms with E-state index < -0.39 is 0 Å². The molecular weight excluding hydrogens is 536 g/mol. The van der Waals surface area contributed by atoms with Gasteiger partial charge in [-0.1, -0.05) is 139 Å². The van der Waals surface area contributed by atoms with Crippen LogP contribution in [0, 0.1) is 11.8 Å². The molecule has 0 aromatic heterocycles. The minimum Gasteiger partial charge on any atom is -0.496 e. The van der Waals surface area contributed by atoms with Gasteiger partial charge in [-0.2, -0.15) is 0 Å². The number of methoxy groups -OCH3 is 1. The highest BCUT2D eigenvalue weighted by Gasteiger charge is 2.25. The summed E-state index contributed by atoms with van der Waals surface area (Å²) < 4.78 is 5.65. The summed E-state index contributed by atoms with van der Waals surface area (Å²) in [7, 11) is 1.69. The van der Waals surface area contributed by atoms with Crippen molar-refractivity contribution in [1.29, 1.82) is 0 Å². The number of carbonyl (C=O) groups is 1. The van der Waals surface area contributed by atoms with Crippen LogP contribution in [-0.4, -0.2) is 12.9 Å². The summed E-state index contributed by atoms with van der Waals surface area (Å²) in [5, 5.41) is 2.04. The number of ether oxygens (including phenoxy) is 1. The summed E-state index contributed by atoms with van der Waals surface area (Å²) in [6.07, 6.45) is 5.37. The van der Waals surface area contributed by atoms with Gasteiger partial charge in [0.2, 0.25) is 0 Å². The van der Waals surface area contributed by atoms with Crippen molar-refractivity contribution in [2.75, 3.05) is 7.11 Å². The van der Waals surface area contributed by atoms with E-state index in [0.29, 0.717) is 5.57 Å². The lowest BCUT2D eigenvalue weighted by molar-refractivity contribution is -0.109. The Kier molecular flexibility index (Phi) is 7.21. The maximum atomic E-state index is 13.3. The van der Waals surface area contributed by atoms with Crippen LogP contribution in [0.1, 0.15) is 16.7 Å². The van der Waals surface area contributed by atoms with Crippen LogP contribution < -0.4 is 4.74 Å². The number of ketones is 1. The monoisotopic (exact) mass is 564 g/mol. The molecule has 44 heavy (non-hydrogen) atoms. The lowest BCUT2D eigenvalue weighted by Crippen LogP contribution is -2.03. The van der Waals surface area contributed by atoms with E-state index in [-0.39, 0.29) is 5.78 Å². The Labute approximate surface area is 257 Å². The Balaban J connectivity index is 1.62. The van der Waals surface area contributed by atoms with Crippen LogP contribution in [0.2, 0.25) is 0 Å². The molecule has 1 aliphatic rings. The number of carbonyl (C=O) groups excluding carboxylic acids is 1. The number of fused-ring (bicyclic) bond motifs is 1. The second-order valence-corrected chi connectivity index (χ2v) is 10.6. The Morgan fingerprint density at radius 1 is 0.568 bits per heavy atom. The maximum absolute atomic E-state index is 13.3. The summed E-state index contributed by atoms with van der Waals surface area (Å²) in [5.41, 5.74) is 9.43. The number of benzene rings is 6. The van der Waals surface area contributed by atoms with Crippen LogP contribution in [0.5, 0.6) is 5.75 Å². The molecule has 6 aromatic rings. The predicted molar refractivity (Wildman–Crippen MR) is 181 cm³/mol. The Bertz CT molecular complexity index is 2140. The summed E-state index contributed by atoms with van der Waals surface area (Å²) in [5.74, 6) is 8.03. The van der Waals surface area contributed by atoms with Gasteiger partial charge >= 0.3 is 0 Å². The van der Waals surface area contributed by atoms with Crippen molar-refractivity contribution >= 4 is 22.1 Å². The molecule has 7 rings (SSSR count). The zero-order chi connectivity index (χ0) is 29.9. The van der Waals surface area contributed by atoms with Crippen molar-refractivity contribution in [2.45, 2.75) is 0 Å². The molecule has 0 amide bonds. The molecule has 0 saturated heterocycles. The third kappa shape index (κ3) is 4.91. The topological polar surface area (TPSA) is 26.3 Å². The minimum absolute atomic E-state index is 0.00582. The molecule has 0 saturated carbocycles. The minimum atomic E-state index is -0.00582. The molecule has 208 valence electrons. The second-order valence-electron chi connectivity index (χ2n) is 10.6. The van der Waals surface area contributed by atoms with Gasteiger partial charge in [-0.15, -0.1) is 0 Å². The average molecular weight is 565 g/mol. The highest BCUT2D eigenvalue weighted by molar-refractivity contribution is 6.30. The van der Waals surface area contributed by atoms with Crippen LogP contribution in [0.15, 0.2) is 152 Å². The SMILES string of the molecule is COc1ccc(C#Cc2c(-c3ccccc3)c(C3=CC=CC3=O)cc(-c3ccccc3)c2-c2ccccc2)c2ccccc12. The van der Waals surface area contributed by atoms with Gasteiger partial charge in [0.1, 0.15) is 5.75 Å². The Morgan fingerprint density at radius 2 is 1.14 bits per heavy atom. The number of allylic oxidation sites excluding steroid dienone is 4. The molecule has 0 heterocycles. The molecule has 1 aliphatic carbocycles. The van der Waals surface area contributed by atoms with Crippen LogP contribution >= 0.6 is 0 Å². The van der Waals surface area contributed by atoms with Crippen molar-refractivity contribution in [3.63, 3.8) is 0 Å². The highest BCUT2D eigenvalue weighted by Crippen LogP contribution is 2.45. The lowest BCUT2D eigenvalue weighted by Gasteiger charge is -2.21. The van der Waals surface area contributed by atoms with Gasteiger partial charge in [-0.25, -0.2) is 0 Å². The van der Waals surface area contributed by atoms with Gasteiger partial charge in [-0.05, 0) is 52.1 Å². The van der Waals surface area contributed by atoms with Crippen molar-refractivity contribution in [3.8, 4) is 51.0 Å². The summed E-state index contributed by atoms with van der Waals surface area (Å²) in [6, 6.07) is 45.4. The fourth-order valence-electron chi connectivity index (χ4n) is 5.99. The van der Waals surface area contributed by atoms with Crippen molar-refractivity contribution in [3.05, 3.63) is 168 Å². The molecule has 0 fully saturated rings. The van der Waals surface area contributed by atoms with Gasteiger partial charge in [0.05, 0.1) is 7.11 Å². The van der Waals surface area contributed by atoms with Gasteiger partial charge in [-0.3, -0.25) is 4.79 Å². The lowest BCUT2D eigenvalue weighted by atomic mass is 9.80. The number of hydrogen-bond donors (Lipinski definition) is 0.